The average molecular weight is 234 g/mol. The average Bonchev–Trinajstić information content (AvgIpc) is 2.15. The second-order valence-electron chi connectivity index (χ2n) is 5.82. The van der Waals surface area contributed by atoms with Gasteiger partial charge in [-0.2, -0.15) is 0 Å². The second kappa shape index (κ2) is 4.91. The van der Waals surface area contributed by atoms with Crippen molar-refractivity contribution in [2.24, 2.45) is 0 Å². The molecule has 0 saturated heterocycles. The van der Waals surface area contributed by atoms with Crippen molar-refractivity contribution in [2.75, 3.05) is 0 Å². The van der Waals surface area contributed by atoms with Gasteiger partial charge in [0.1, 0.15) is 0 Å². The molecule has 2 heteroatoms. The van der Waals surface area contributed by atoms with Crippen LogP contribution in [0.2, 0.25) is 0 Å². The molecule has 94 valence electrons. The fourth-order valence-electron chi connectivity index (χ4n) is 2.13. The second-order valence-corrected chi connectivity index (χ2v) is 5.82. The van der Waals surface area contributed by atoms with Crippen LogP contribution in [0.5, 0.6) is 0 Å². The number of carbonyl (C=O) groups is 1. The summed E-state index contributed by atoms with van der Waals surface area (Å²) < 4.78 is 0. The van der Waals surface area contributed by atoms with Crippen LogP contribution in [-0.4, -0.2) is 11.1 Å². The van der Waals surface area contributed by atoms with Gasteiger partial charge in [0.2, 0.25) is 0 Å². The first-order valence-corrected chi connectivity index (χ1v) is 6.04. The molecular weight excluding hydrogens is 212 g/mol. The van der Waals surface area contributed by atoms with E-state index in [1.807, 2.05) is 13.0 Å². The molecule has 1 atom stereocenters. The molecule has 0 fully saturated rings. The van der Waals surface area contributed by atoms with Gasteiger partial charge in [0.15, 0.2) is 0 Å². The molecule has 0 aromatic heterocycles. The zero-order valence-electron chi connectivity index (χ0n) is 11.4. The summed E-state index contributed by atoms with van der Waals surface area (Å²) in [6, 6.07) is 6.29. The number of rotatable bonds is 3. The first kappa shape index (κ1) is 13.8. The van der Waals surface area contributed by atoms with Crippen molar-refractivity contribution in [3.63, 3.8) is 0 Å². The fourth-order valence-corrected chi connectivity index (χ4v) is 2.13. The van der Waals surface area contributed by atoms with Crippen molar-refractivity contribution in [3.8, 4) is 0 Å². The van der Waals surface area contributed by atoms with Crippen molar-refractivity contribution >= 4 is 5.97 Å². The Morgan fingerprint density at radius 2 is 1.94 bits per heavy atom. The Hall–Kier alpha value is -1.31. The summed E-state index contributed by atoms with van der Waals surface area (Å²) in [6.07, 6.45) is 0.187. The van der Waals surface area contributed by atoms with Crippen LogP contribution in [0.4, 0.5) is 0 Å². The van der Waals surface area contributed by atoms with Crippen LogP contribution in [0.3, 0.4) is 0 Å². The highest BCUT2D eigenvalue weighted by atomic mass is 16.4. The highest BCUT2D eigenvalue weighted by Crippen LogP contribution is 2.29. The third-order valence-electron chi connectivity index (χ3n) is 3.12. The minimum Gasteiger partial charge on any atom is -0.481 e. The lowest BCUT2D eigenvalue weighted by Crippen LogP contribution is -2.14. The topological polar surface area (TPSA) is 37.3 Å². The Labute approximate surface area is 104 Å². The van der Waals surface area contributed by atoms with E-state index in [0.717, 1.165) is 5.56 Å². The van der Waals surface area contributed by atoms with Crippen molar-refractivity contribution in [2.45, 2.75) is 52.4 Å². The van der Waals surface area contributed by atoms with E-state index in [1.165, 1.54) is 11.1 Å². The first-order chi connectivity index (χ1) is 7.71. The highest BCUT2D eigenvalue weighted by Gasteiger charge is 2.18. The van der Waals surface area contributed by atoms with E-state index in [-0.39, 0.29) is 17.8 Å². The Kier molecular flexibility index (Phi) is 3.97. The largest absolute Gasteiger partial charge is 0.481 e. The number of benzene rings is 1. The minimum atomic E-state index is -0.740. The smallest absolute Gasteiger partial charge is 0.303 e. The molecule has 0 radical (unpaired) electrons. The molecule has 0 amide bonds. The molecule has 0 saturated carbocycles. The van der Waals surface area contributed by atoms with Gasteiger partial charge in [-0.3, -0.25) is 4.79 Å². The summed E-state index contributed by atoms with van der Waals surface area (Å²) in [5.41, 5.74) is 3.78. The van der Waals surface area contributed by atoms with E-state index >= 15 is 0 Å². The maximum Gasteiger partial charge on any atom is 0.303 e. The molecule has 0 aliphatic heterocycles. The quantitative estimate of drug-likeness (QED) is 0.862. The molecule has 2 nitrogen and oxygen atoms in total. The molecule has 1 rings (SSSR count). The lowest BCUT2D eigenvalue weighted by molar-refractivity contribution is -0.137. The van der Waals surface area contributed by atoms with Crippen molar-refractivity contribution < 1.29 is 9.90 Å². The lowest BCUT2D eigenvalue weighted by Gasteiger charge is -2.23. The Morgan fingerprint density at radius 1 is 1.35 bits per heavy atom. The van der Waals surface area contributed by atoms with Crippen LogP contribution in [0.25, 0.3) is 0 Å². The molecule has 0 spiro atoms. The standard InChI is InChI=1S/C15H22O2/c1-10-6-7-12(11(2)8-14(16)17)9-13(10)15(3,4)5/h6-7,9,11H,8H2,1-5H3,(H,16,17). The number of hydrogen-bond acceptors (Lipinski definition) is 1. The molecule has 1 aromatic rings. The van der Waals surface area contributed by atoms with Crippen molar-refractivity contribution in [1.82, 2.24) is 0 Å². The number of aliphatic carboxylic acids is 1. The maximum atomic E-state index is 10.7. The molecule has 0 aliphatic carbocycles. The minimum absolute atomic E-state index is 0.0641. The van der Waals surface area contributed by atoms with Gasteiger partial charge in [-0.25, -0.2) is 0 Å². The summed E-state index contributed by atoms with van der Waals surface area (Å²) >= 11 is 0. The summed E-state index contributed by atoms with van der Waals surface area (Å²) in [6.45, 7) is 10.6. The van der Waals surface area contributed by atoms with E-state index in [0.29, 0.717) is 0 Å². The van der Waals surface area contributed by atoms with Gasteiger partial charge < -0.3 is 5.11 Å². The van der Waals surface area contributed by atoms with Gasteiger partial charge in [-0.05, 0) is 34.9 Å². The van der Waals surface area contributed by atoms with Crippen LogP contribution < -0.4 is 0 Å². The van der Waals surface area contributed by atoms with Crippen LogP contribution in [-0.2, 0) is 10.2 Å². The Morgan fingerprint density at radius 3 is 2.41 bits per heavy atom. The number of carboxylic acid groups (broad SMARTS) is 1. The molecule has 17 heavy (non-hydrogen) atoms. The van der Waals surface area contributed by atoms with E-state index in [9.17, 15) is 4.79 Å². The predicted octanol–water partition coefficient (Wildman–Crippen LogP) is 3.87. The molecular formula is C15H22O2. The third kappa shape index (κ3) is 3.58. The first-order valence-electron chi connectivity index (χ1n) is 6.04. The Bertz CT molecular complexity index is 413. The van der Waals surface area contributed by atoms with Crippen LogP contribution in [0.15, 0.2) is 18.2 Å². The van der Waals surface area contributed by atoms with Gasteiger partial charge in [0, 0.05) is 0 Å². The molecule has 0 heterocycles. The molecule has 1 aromatic carbocycles. The fraction of sp³-hybridized carbons (Fsp3) is 0.533. The molecule has 1 unspecified atom stereocenters. The maximum absolute atomic E-state index is 10.7. The highest BCUT2D eigenvalue weighted by molar-refractivity contribution is 5.68. The van der Waals surface area contributed by atoms with E-state index < -0.39 is 5.97 Å². The third-order valence-corrected chi connectivity index (χ3v) is 3.12. The summed E-state index contributed by atoms with van der Waals surface area (Å²) in [5, 5.41) is 8.83. The van der Waals surface area contributed by atoms with E-state index in [2.05, 4.69) is 39.8 Å². The normalized spacial score (nSPS) is 13.5. The van der Waals surface area contributed by atoms with Gasteiger partial charge in [0.05, 0.1) is 6.42 Å². The van der Waals surface area contributed by atoms with Gasteiger partial charge in [-0.15, -0.1) is 0 Å². The van der Waals surface area contributed by atoms with E-state index in [1.54, 1.807) is 0 Å². The van der Waals surface area contributed by atoms with Crippen molar-refractivity contribution in [1.29, 1.82) is 0 Å². The summed E-state index contributed by atoms with van der Waals surface area (Å²) in [7, 11) is 0. The zero-order chi connectivity index (χ0) is 13.2. The molecule has 0 aliphatic rings. The molecule has 0 bridgehead atoms. The lowest BCUT2D eigenvalue weighted by atomic mass is 9.81. The molecule has 1 N–H and O–H groups in total. The Balaban J connectivity index is 3.08. The summed E-state index contributed by atoms with van der Waals surface area (Å²) in [5.74, 6) is -0.676. The summed E-state index contributed by atoms with van der Waals surface area (Å²) in [4.78, 5) is 10.7. The van der Waals surface area contributed by atoms with Crippen LogP contribution in [0.1, 0.15) is 56.7 Å². The van der Waals surface area contributed by atoms with Crippen LogP contribution >= 0.6 is 0 Å². The van der Waals surface area contributed by atoms with Gasteiger partial charge in [-0.1, -0.05) is 45.9 Å². The monoisotopic (exact) mass is 234 g/mol. The van der Waals surface area contributed by atoms with Crippen LogP contribution in [0, 0.1) is 6.92 Å². The zero-order valence-corrected chi connectivity index (χ0v) is 11.4. The SMILES string of the molecule is Cc1ccc(C(C)CC(=O)O)cc1C(C)(C)C. The number of carboxylic acids is 1. The number of hydrogen-bond donors (Lipinski definition) is 1. The number of aryl methyl sites for hydroxylation is 1. The van der Waals surface area contributed by atoms with Crippen molar-refractivity contribution in [3.05, 3.63) is 34.9 Å². The van der Waals surface area contributed by atoms with Gasteiger partial charge >= 0.3 is 5.97 Å². The predicted molar refractivity (Wildman–Crippen MR) is 70.5 cm³/mol. The van der Waals surface area contributed by atoms with Gasteiger partial charge in [0.25, 0.3) is 0 Å². The van der Waals surface area contributed by atoms with E-state index in [4.69, 9.17) is 5.11 Å².